The number of amidine groups is 2. The van der Waals surface area contributed by atoms with Crippen molar-refractivity contribution in [2.45, 2.75) is 26.8 Å². The van der Waals surface area contributed by atoms with Gasteiger partial charge in [-0.3, -0.25) is 0 Å². The van der Waals surface area contributed by atoms with Crippen LogP contribution in [0.1, 0.15) is 34.0 Å². The average molecular weight is 543 g/mol. The van der Waals surface area contributed by atoms with E-state index in [-0.39, 0.29) is 6.04 Å². The third-order valence-corrected chi connectivity index (χ3v) is 7.72. The maximum atomic E-state index is 6.34. The summed E-state index contributed by atoms with van der Waals surface area (Å²) in [4.78, 5) is 12.7. The second-order valence-electron chi connectivity index (χ2n) is 10.2. The van der Waals surface area contributed by atoms with Crippen molar-refractivity contribution in [3.8, 4) is 5.69 Å². The first-order chi connectivity index (χ1) is 19.5. The second kappa shape index (κ2) is 9.50. The molecular formula is C33H27ClN6. The quantitative estimate of drug-likeness (QED) is 0.250. The van der Waals surface area contributed by atoms with Gasteiger partial charge in [-0.2, -0.15) is 5.10 Å². The zero-order chi connectivity index (χ0) is 27.4. The Balaban J connectivity index is 1.50. The lowest BCUT2D eigenvalue weighted by Gasteiger charge is -2.40. The molecule has 1 atom stereocenters. The van der Waals surface area contributed by atoms with Crippen molar-refractivity contribution < 1.29 is 0 Å². The minimum absolute atomic E-state index is 0.190. The molecule has 0 aliphatic carbocycles. The lowest BCUT2D eigenvalue weighted by atomic mass is 9.93. The van der Waals surface area contributed by atoms with E-state index in [0.717, 1.165) is 56.8 Å². The van der Waals surface area contributed by atoms with Crippen LogP contribution in [0, 0.1) is 20.8 Å². The van der Waals surface area contributed by atoms with Crippen LogP contribution in [0.25, 0.3) is 5.69 Å². The first kappa shape index (κ1) is 24.4. The Morgan fingerprint density at radius 2 is 1.55 bits per heavy atom. The van der Waals surface area contributed by atoms with Gasteiger partial charge in [-0.15, -0.1) is 0 Å². The van der Waals surface area contributed by atoms with Crippen LogP contribution in [0.5, 0.6) is 0 Å². The number of rotatable bonds is 3. The van der Waals surface area contributed by atoms with Crippen molar-refractivity contribution >= 4 is 46.2 Å². The van der Waals surface area contributed by atoms with Crippen LogP contribution in [-0.4, -0.2) is 21.5 Å². The molecule has 7 heteroatoms. The summed E-state index contributed by atoms with van der Waals surface area (Å²) in [5.41, 5.74) is 9.20. The fraction of sp³-hybridized carbons (Fsp3) is 0.121. The van der Waals surface area contributed by atoms with E-state index < -0.39 is 0 Å². The highest BCUT2D eigenvalue weighted by atomic mass is 35.5. The zero-order valence-electron chi connectivity index (χ0n) is 22.4. The molecule has 2 aliphatic heterocycles. The Labute approximate surface area is 238 Å². The second-order valence-corrected chi connectivity index (χ2v) is 10.7. The standard InChI is InChI=1S/C33H27ClN6/c1-20-13-14-21(2)27(19-20)36-31-33-37-32-29(22(3)38-40(32)25-9-5-4-6-10-25)30(23-15-17-24(34)18-16-23)39(33)28-12-8-7-11-26(28)35-31/h4-19,30H,1-3H3,(H,35,36)/t30-/m1/s1. The molecule has 6 nitrogen and oxygen atoms in total. The number of anilines is 2. The molecule has 40 heavy (non-hydrogen) atoms. The molecule has 0 spiro atoms. The van der Waals surface area contributed by atoms with Crippen molar-refractivity contribution in [3.63, 3.8) is 0 Å². The fourth-order valence-corrected chi connectivity index (χ4v) is 5.63. The number of fused-ring (bicyclic) bond motifs is 4. The normalized spacial score (nSPS) is 15.5. The zero-order valence-corrected chi connectivity index (χ0v) is 23.2. The van der Waals surface area contributed by atoms with E-state index in [4.69, 9.17) is 26.7 Å². The summed E-state index contributed by atoms with van der Waals surface area (Å²) < 4.78 is 1.94. The number of benzene rings is 4. The smallest absolute Gasteiger partial charge is 0.179 e. The summed E-state index contributed by atoms with van der Waals surface area (Å²) in [5, 5.41) is 9.33. The van der Waals surface area contributed by atoms with Crippen LogP contribution in [0.15, 0.2) is 107 Å². The minimum Gasteiger partial charge on any atom is -0.337 e. The topological polar surface area (TPSA) is 57.8 Å². The predicted molar refractivity (Wildman–Crippen MR) is 164 cm³/mol. The van der Waals surface area contributed by atoms with Crippen LogP contribution in [-0.2, 0) is 0 Å². The molecular weight excluding hydrogens is 516 g/mol. The number of nitrogens with zero attached hydrogens (tertiary/aromatic N) is 5. The highest BCUT2D eigenvalue weighted by molar-refractivity contribution is 6.51. The lowest BCUT2D eigenvalue weighted by Crippen LogP contribution is -2.46. The first-order valence-electron chi connectivity index (χ1n) is 13.3. The average Bonchev–Trinajstić information content (AvgIpc) is 3.31. The molecule has 1 N–H and O–H groups in total. The number of aromatic nitrogens is 2. The van der Waals surface area contributed by atoms with Crippen molar-refractivity contribution in [2.24, 2.45) is 9.98 Å². The largest absolute Gasteiger partial charge is 0.337 e. The third-order valence-electron chi connectivity index (χ3n) is 7.47. The van der Waals surface area contributed by atoms with Crippen molar-refractivity contribution in [2.75, 3.05) is 10.2 Å². The van der Waals surface area contributed by atoms with Gasteiger partial charge in [-0.25, -0.2) is 14.7 Å². The van der Waals surface area contributed by atoms with E-state index in [1.54, 1.807) is 0 Å². The maximum absolute atomic E-state index is 6.34. The minimum atomic E-state index is -0.190. The Bertz CT molecular complexity index is 1820. The lowest BCUT2D eigenvalue weighted by molar-refractivity contribution is 0.815. The fourth-order valence-electron chi connectivity index (χ4n) is 5.51. The number of halogens is 1. The monoisotopic (exact) mass is 542 g/mol. The highest BCUT2D eigenvalue weighted by Crippen LogP contribution is 2.48. The molecule has 4 aromatic carbocycles. The Hall–Kier alpha value is -4.68. The van der Waals surface area contributed by atoms with Crippen LogP contribution in [0.4, 0.5) is 22.9 Å². The predicted octanol–water partition coefficient (Wildman–Crippen LogP) is 8.25. The summed E-state index contributed by atoms with van der Waals surface area (Å²) in [6.45, 7) is 6.25. The van der Waals surface area contributed by atoms with Gasteiger partial charge >= 0.3 is 0 Å². The van der Waals surface area contributed by atoms with Gasteiger partial charge in [0.1, 0.15) is 0 Å². The van der Waals surface area contributed by atoms with Crippen LogP contribution in [0.3, 0.4) is 0 Å². The number of hydrogen-bond donors (Lipinski definition) is 1. The van der Waals surface area contributed by atoms with E-state index in [1.165, 1.54) is 5.56 Å². The van der Waals surface area contributed by atoms with E-state index in [9.17, 15) is 0 Å². The molecule has 2 aliphatic rings. The molecule has 0 amide bonds. The van der Waals surface area contributed by atoms with Gasteiger partial charge in [0.15, 0.2) is 17.5 Å². The van der Waals surface area contributed by atoms with Crippen LogP contribution in [0.2, 0.25) is 5.02 Å². The molecule has 1 aromatic heterocycles. The third kappa shape index (κ3) is 4.00. The van der Waals surface area contributed by atoms with Crippen molar-refractivity contribution in [1.29, 1.82) is 0 Å². The molecule has 0 saturated heterocycles. The van der Waals surface area contributed by atoms with Gasteiger partial charge < -0.3 is 10.2 Å². The Morgan fingerprint density at radius 1 is 0.800 bits per heavy atom. The summed E-state index contributed by atoms with van der Waals surface area (Å²) in [5.74, 6) is 2.23. The summed E-state index contributed by atoms with van der Waals surface area (Å²) in [7, 11) is 0. The van der Waals surface area contributed by atoms with Gasteiger partial charge in [-0.1, -0.05) is 66.2 Å². The van der Waals surface area contributed by atoms with Crippen LogP contribution < -0.4 is 10.2 Å². The van der Waals surface area contributed by atoms with E-state index >= 15 is 0 Å². The number of hydrogen-bond acceptors (Lipinski definition) is 5. The van der Waals surface area contributed by atoms with E-state index in [0.29, 0.717) is 10.9 Å². The Morgan fingerprint density at radius 3 is 2.35 bits per heavy atom. The number of aliphatic imine (C=N–C) groups is 2. The van der Waals surface area contributed by atoms with E-state index in [2.05, 4.69) is 79.5 Å². The summed E-state index contributed by atoms with van der Waals surface area (Å²) in [6, 6.07) is 32.6. The molecule has 196 valence electrons. The molecule has 0 unspecified atom stereocenters. The molecule has 0 radical (unpaired) electrons. The summed E-state index contributed by atoms with van der Waals surface area (Å²) >= 11 is 6.34. The first-order valence-corrected chi connectivity index (χ1v) is 13.7. The molecule has 0 saturated carbocycles. The number of aryl methyl sites for hydroxylation is 3. The van der Waals surface area contributed by atoms with Crippen molar-refractivity contribution in [3.05, 3.63) is 130 Å². The van der Waals surface area contributed by atoms with Gasteiger partial charge in [0.2, 0.25) is 0 Å². The van der Waals surface area contributed by atoms with Gasteiger partial charge in [0.05, 0.1) is 28.8 Å². The molecule has 3 heterocycles. The molecule has 0 bridgehead atoms. The van der Waals surface area contributed by atoms with Gasteiger partial charge in [0.25, 0.3) is 0 Å². The molecule has 7 rings (SSSR count). The Kier molecular flexibility index (Phi) is 5.79. The number of para-hydroxylation sites is 3. The summed E-state index contributed by atoms with van der Waals surface area (Å²) in [6.07, 6.45) is 0. The number of nitrogens with one attached hydrogen (secondary N) is 1. The van der Waals surface area contributed by atoms with Gasteiger partial charge in [-0.05, 0) is 79.9 Å². The highest BCUT2D eigenvalue weighted by Gasteiger charge is 2.41. The molecule has 5 aromatic rings. The SMILES string of the molecule is Cc1ccc(C)c(NC2=Nc3ccccc3N3C2=Nc2c(c(C)nn2-c2ccccc2)[C@H]3c2ccc(Cl)cc2)c1. The van der Waals surface area contributed by atoms with E-state index in [1.807, 2.05) is 53.2 Å². The molecule has 0 fully saturated rings. The van der Waals surface area contributed by atoms with Gasteiger partial charge in [0, 0.05) is 16.3 Å². The van der Waals surface area contributed by atoms with Crippen molar-refractivity contribution in [1.82, 2.24) is 9.78 Å². The van der Waals surface area contributed by atoms with Crippen LogP contribution >= 0.6 is 11.6 Å². The maximum Gasteiger partial charge on any atom is 0.179 e.